The smallest absolute Gasteiger partial charge is 0.260 e. The third-order valence-corrected chi connectivity index (χ3v) is 4.18. The van der Waals surface area contributed by atoms with Crippen molar-refractivity contribution in [2.45, 2.75) is 13.8 Å². The first kappa shape index (κ1) is 17.0. The number of nitrogens with one attached hydrogen (secondary N) is 1. The summed E-state index contributed by atoms with van der Waals surface area (Å²) < 4.78 is 7.25. The van der Waals surface area contributed by atoms with Gasteiger partial charge in [-0.15, -0.1) is 0 Å². The van der Waals surface area contributed by atoms with Crippen LogP contribution in [0.25, 0.3) is 0 Å². The van der Waals surface area contributed by atoms with Crippen molar-refractivity contribution < 1.29 is 9.53 Å². The Bertz CT molecular complexity index is 900. The van der Waals surface area contributed by atoms with E-state index in [-0.39, 0.29) is 5.91 Å². The third kappa shape index (κ3) is 3.83. The van der Waals surface area contributed by atoms with Crippen LogP contribution in [0.4, 0.5) is 5.69 Å². The van der Waals surface area contributed by atoms with Gasteiger partial charge in [-0.1, -0.05) is 29.3 Å². The highest BCUT2D eigenvalue weighted by Crippen LogP contribution is 2.24. The summed E-state index contributed by atoms with van der Waals surface area (Å²) in [6, 6.07) is 15.0. The lowest BCUT2D eigenvalue weighted by molar-refractivity contribution is 0.102. The number of anilines is 1. The molecule has 0 bridgehead atoms. The van der Waals surface area contributed by atoms with Crippen LogP contribution in [0, 0.1) is 13.8 Å². The van der Waals surface area contributed by atoms with Crippen molar-refractivity contribution in [3.8, 4) is 11.5 Å². The molecule has 0 fully saturated rings. The molecule has 0 aliphatic heterocycles. The molecule has 0 saturated heterocycles. The number of carbonyl (C=O) groups excluding carboxylic acids is 1. The van der Waals surface area contributed by atoms with Gasteiger partial charge in [-0.05, 0) is 50.2 Å². The molecule has 128 valence electrons. The molecule has 0 spiro atoms. The van der Waals surface area contributed by atoms with Gasteiger partial charge in [0.1, 0.15) is 16.7 Å². The first-order chi connectivity index (χ1) is 11.9. The SMILES string of the molecule is Cc1ccc(Oc2ccc(NC(=O)c3c(C)nn(C)c3Cl)cc2)cc1. The van der Waals surface area contributed by atoms with Crippen LogP contribution in [-0.2, 0) is 7.05 Å². The molecule has 0 aliphatic carbocycles. The number of rotatable bonds is 4. The highest BCUT2D eigenvalue weighted by Gasteiger charge is 2.18. The number of hydrogen-bond acceptors (Lipinski definition) is 3. The highest BCUT2D eigenvalue weighted by molar-refractivity contribution is 6.33. The molecule has 1 heterocycles. The van der Waals surface area contributed by atoms with Crippen molar-refractivity contribution in [1.82, 2.24) is 9.78 Å². The third-order valence-electron chi connectivity index (χ3n) is 3.75. The minimum Gasteiger partial charge on any atom is -0.457 e. The van der Waals surface area contributed by atoms with Crippen LogP contribution in [-0.4, -0.2) is 15.7 Å². The van der Waals surface area contributed by atoms with E-state index in [9.17, 15) is 4.79 Å². The van der Waals surface area contributed by atoms with Crippen molar-refractivity contribution in [1.29, 1.82) is 0 Å². The van der Waals surface area contributed by atoms with Gasteiger partial charge in [-0.3, -0.25) is 9.48 Å². The number of aryl methyl sites for hydroxylation is 3. The van der Waals surface area contributed by atoms with E-state index >= 15 is 0 Å². The van der Waals surface area contributed by atoms with Gasteiger partial charge in [-0.25, -0.2) is 0 Å². The molecule has 0 atom stereocenters. The number of carbonyl (C=O) groups is 1. The Kier molecular flexibility index (Phi) is 4.76. The summed E-state index contributed by atoms with van der Waals surface area (Å²) >= 11 is 6.12. The first-order valence-electron chi connectivity index (χ1n) is 7.79. The molecule has 2 aromatic carbocycles. The lowest BCUT2D eigenvalue weighted by Crippen LogP contribution is -2.13. The summed E-state index contributed by atoms with van der Waals surface area (Å²) in [5.74, 6) is 1.17. The van der Waals surface area contributed by atoms with Crippen molar-refractivity contribution in [2.75, 3.05) is 5.32 Å². The topological polar surface area (TPSA) is 56.1 Å². The van der Waals surface area contributed by atoms with Crippen LogP contribution in [0.3, 0.4) is 0 Å². The highest BCUT2D eigenvalue weighted by atomic mass is 35.5. The second-order valence-electron chi connectivity index (χ2n) is 5.77. The fourth-order valence-corrected chi connectivity index (χ4v) is 2.69. The van der Waals surface area contributed by atoms with Gasteiger partial charge in [0, 0.05) is 12.7 Å². The molecule has 0 unspecified atom stereocenters. The fraction of sp³-hybridized carbons (Fsp3) is 0.158. The Labute approximate surface area is 151 Å². The van der Waals surface area contributed by atoms with Crippen LogP contribution in [0.5, 0.6) is 11.5 Å². The largest absolute Gasteiger partial charge is 0.457 e. The summed E-state index contributed by atoms with van der Waals surface area (Å²) in [7, 11) is 1.70. The molecule has 0 saturated carbocycles. The zero-order valence-corrected chi connectivity index (χ0v) is 15.0. The number of amides is 1. The Balaban J connectivity index is 1.70. The number of hydrogen-bond donors (Lipinski definition) is 1. The molecule has 1 N–H and O–H groups in total. The zero-order valence-electron chi connectivity index (χ0n) is 14.2. The summed E-state index contributed by atoms with van der Waals surface area (Å²) in [5, 5.41) is 7.28. The van der Waals surface area contributed by atoms with Crippen molar-refractivity contribution in [3.05, 3.63) is 70.5 Å². The maximum absolute atomic E-state index is 12.4. The van der Waals surface area contributed by atoms with Crippen LogP contribution >= 0.6 is 11.6 Å². The normalized spacial score (nSPS) is 10.6. The van der Waals surface area contributed by atoms with E-state index < -0.39 is 0 Å². The molecule has 5 nitrogen and oxygen atoms in total. The van der Waals surface area contributed by atoms with Crippen LogP contribution in [0.15, 0.2) is 48.5 Å². The number of ether oxygens (including phenoxy) is 1. The van der Waals surface area contributed by atoms with Gasteiger partial charge in [0.05, 0.1) is 11.3 Å². The molecule has 3 aromatic rings. The zero-order chi connectivity index (χ0) is 18.0. The van der Waals surface area contributed by atoms with Crippen LogP contribution in [0.1, 0.15) is 21.6 Å². The second kappa shape index (κ2) is 6.99. The predicted molar refractivity (Wildman–Crippen MR) is 98.6 cm³/mol. The van der Waals surface area contributed by atoms with Gasteiger partial charge >= 0.3 is 0 Å². The lowest BCUT2D eigenvalue weighted by atomic mass is 10.2. The molecule has 3 rings (SSSR count). The van der Waals surface area contributed by atoms with Crippen LogP contribution in [0.2, 0.25) is 5.15 Å². The molecular weight excluding hydrogens is 338 g/mol. The molecule has 25 heavy (non-hydrogen) atoms. The standard InChI is InChI=1S/C19H18ClN3O2/c1-12-4-8-15(9-5-12)25-16-10-6-14(7-11-16)21-19(24)17-13(2)22-23(3)18(17)20/h4-11H,1-3H3,(H,21,24). The van der Waals surface area contributed by atoms with E-state index in [1.54, 1.807) is 38.2 Å². The number of nitrogens with zero attached hydrogens (tertiary/aromatic N) is 2. The monoisotopic (exact) mass is 355 g/mol. The van der Waals surface area contributed by atoms with E-state index in [1.807, 2.05) is 31.2 Å². The van der Waals surface area contributed by atoms with Gasteiger partial charge in [0.2, 0.25) is 0 Å². The summed E-state index contributed by atoms with van der Waals surface area (Å²) in [4.78, 5) is 12.4. The summed E-state index contributed by atoms with van der Waals surface area (Å²) in [6.45, 7) is 3.77. The Morgan fingerprint density at radius 2 is 1.60 bits per heavy atom. The van der Waals surface area contributed by atoms with E-state index in [0.29, 0.717) is 27.8 Å². The minimum atomic E-state index is -0.289. The molecule has 0 radical (unpaired) electrons. The van der Waals surface area contributed by atoms with Gasteiger partial charge in [0.15, 0.2) is 0 Å². The van der Waals surface area contributed by atoms with Gasteiger partial charge < -0.3 is 10.1 Å². The number of benzene rings is 2. The predicted octanol–water partition coefficient (Wildman–Crippen LogP) is 4.73. The number of aromatic nitrogens is 2. The maximum Gasteiger partial charge on any atom is 0.260 e. The second-order valence-corrected chi connectivity index (χ2v) is 6.13. The Morgan fingerprint density at radius 1 is 1.04 bits per heavy atom. The maximum atomic E-state index is 12.4. The van der Waals surface area contributed by atoms with E-state index in [1.165, 1.54) is 10.2 Å². The minimum absolute atomic E-state index is 0.289. The van der Waals surface area contributed by atoms with E-state index in [2.05, 4.69) is 10.4 Å². The Morgan fingerprint density at radius 3 is 2.12 bits per heavy atom. The van der Waals surface area contributed by atoms with E-state index in [4.69, 9.17) is 16.3 Å². The molecule has 6 heteroatoms. The van der Waals surface area contributed by atoms with Crippen molar-refractivity contribution in [2.24, 2.45) is 7.05 Å². The summed E-state index contributed by atoms with van der Waals surface area (Å²) in [5.41, 5.74) is 2.80. The van der Waals surface area contributed by atoms with Crippen molar-refractivity contribution in [3.63, 3.8) is 0 Å². The van der Waals surface area contributed by atoms with Crippen LogP contribution < -0.4 is 10.1 Å². The fourth-order valence-electron chi connectivity index (χ4n) is 2.43. The molecular formula is C19H18ClN3O2. The average molecular weight is 356 g/mol. The molecule has 1 aromatic heterocycles. The van der Waals surface area contributed by atoms with Gasteiger partial charge in [0.25, 0.3) is 5.91 Å². The van der Waals surface area contributed by atoms with E-state index in [0.717, 1.165) is 5.75 Å². The summed E-state index contributed by atoms with van der Waals surface area (Å²) in [6.07, 6.45) is 0. The average Bonchev–Trinajstić information content (AvgIpc) is 2.84. The quantitative estimate of drug-likeness (QED) is 0.735. The Hall–Kier alpha value is -2.79. The van der Waals surface area contributed by atoms with Crippen molar-refractivity contribution >= 4 is 23.2 Å². The van der Waals surface area contributed by atoms with Gasteiger partial charge in [-0.2, -0.15) is 5.10 Å². The molecule has 1 amide bonds. The lowest BCUT2D eigenvalue weighted by Gasteiger charge is -2.08. The molecule has 0 aliphatic rings. The first-order valence-corrected chi connectivity index (χ1v) is 8.17. The number of halogens is 1.